The molecule has 0 radical (unpaired) electrons. The Morgan fingerprint density at radius 3 is 2.40 bits per heavy atom. The molecule has 2 amide bonds. The van der Waals surface area contributed by atoms with E-state index < -0.39 is 42.4 Å². The molecule has 1 rings (SSSR count). The van der Waals surface area contributed by atoms with Crippen molar-refractivity contribution in [1.82, 2.24) is 10.2 Å². The normalized spacial score (nSPS) is 20.1. The third-order valence-electron chi connectivity index (χ3n) is 2.98. The molecule has 1 heterocycles. The lowest BCUT2D eigenvalue weighted by Crippen LogP contribution is -2.53. The Balaban J connectivity index is 2.60. The van der Waals surface area contributed by atoms with Crippen molar-refractivity contribution in [2.75, 3.05) is 13.1 Å². The first-order chi connectivity index (χ1) is 9.34. The predicted molar refractivity (Wildman–Crippen MR) is 63.6 cm³/mol. The first-order valence-electron chi connectivity index (χ1n) is 6.07. The molecular weight excluding hydrogens is 272 g/mol. The van der Waals surface area contributed by atoms with Gasteiger partial charge >= 0.3 is 23.8 Å². The number of carbonyl (C=O) groups excluding carboxylic acids is 2. The quantitative estimate of drug-likeness (QED) is 0.438. The molecule has 0 aromatic carbocycles. The van der Waals surface area contributed by atoms with E-state index in [0.717, 1.165) is 4.90 Å². The molecule has 0 bridgehead atoms. The average molecular weight is 288 g/mol. The largest absolute Gasteiger partial charge is 0.480 e. The van der Waals surface area contributed by atoms with E-state index in [9.17, 15) is 19.2 Å². The Morgan fingerprint density at radius 2 is 1.85 bits per heavy atom. The first kappa shape index (κ1) is 15.9. The van der Waals surface area contributed by atoms with Crippen LogP contribution >= 0.6 is 0 Å². The van der Waals surface area contributed by atoms with Crippen LogP contribution in [0, 0.1) is 0 Å². The molecule has 2 atom stereocenters. The fourth-order valence-corrected chi connectivity index (χ4v) is 1.91. The van der Waals surface area contributed by atoms with Crippen molar-refractivity contribution in [2.24, 2.45) is 0 Å². The molecule has 112 valence electrons. The fraction of sp³-hybridized carbons (Fsp3) is 0.636. The second-order valence-electron chi connectivity index (χ2n) is 4.41. The summed E-state index contributed by atoms with van der Waals surface area (Å²) in [6.45, 7) is -0.462. The topological polar surface area (TPSA) is 144 Å². The Hall–Kier alpha value is -2.16. The third-order valence-corrected chi connectivity index (χ3v) is 2.98. The van der Waals surface area contributed by atoms with Crippen LogP contribution in [0.3, 0.4) is 0 Å². The molecule has 0 saturated carbocycles. The molecule has 0 spiro atoms. The summed E-state index contributed by atoms with van der Waals surface area (Å²) in [5.41, 5.74) is 0. The van der Waals surface area contributed by atoms with E-state index in [1.807, 2.05) is 5.32 Å². The molecule has 9 nitrogen and oxygen atoms in total. The van der Waals surface area contributed by atoms with Gasteiger partial charge in [0, 0.05) is 6.54 Å². The van der Waals surface area contributed by atoms with Crippen molar-refractivity contribution in [2.45, 2.75) is 31.4 Å². The summed E-state index contributed by atoms with van der Waals surface area (Å²) in [6.07, 6.45) is -0.296. The third kappa shape index (κ3) is 3.92. The van der Waals surface area contributed by atoms with Crippen LogP contribution in [0.4, 0.5) is 0 Å². The van der Waals surface area contributed by atoms with E-state index in [-0.39, 0.29) is 13.0 Å². The summed E-state index contributed by atoms with van der Waals surface area (Å²) in [6, 6.07) is -1.05. The molecule has 1 fully saturated rings. The van der Waals surface area contributed by atoms with Gasteiger partial charge in [0.05, 0.1) is 6.54 Å². The number of hydrogen-bond acceptors (Lipinski definition) is 5. The molecule has 1 aliphatic heterocycles. The van der Waals surface area contributed by atoms with Crippen LogP contribution in [0.25, 0.3) is 0 Å². The van der Waals surface area contributed by atoms with Crippen LogP contribution in [0.1, 0.15) is 19.3 Å². The second kappa shape index (κ2) is 6.85. The van der Waals surface area contributed by atoms with Gasteiger partial charge in [-0.05, 0) is 19.3 Å². The molecule has 1 saturated heterocycles. The minimum Gasteiger partial charge on any atom is -0.480 e. The molecular formula is C11H16N2O7. The van der Waals surface area contributed by atoms with Gasteiger partial charge in [-0.1, -0.05) is 0 Å². The lowest BCUT2D eigenvalue weighted by molar-refractivity contribution is -0.156. The number of rotatable bonds is 4. The van der Waals surface area contributed by atoms with Gasteiger partial charge in [0.25, 0.3) is 0 Å². The number of aliphatic hydroxyl groups is 1. The number of carboxylic acids is 2. The number of nitrogens with one attached hydrogen (secondary N) is 1. The maximum Gasteiger partial charge on any atom is 0.334 e. The number of amides is 2. The molecule has 1 aliphatic rings. The first-order valence-corrected chi connectivity index (χ1v) is 6.07. The van der Waals surface area contributed by atoms with Gasteiger partial charge in [-0.2, -0.15) is 0 Å². The van der Waals surface area contributed by atoms with Crippen molar-refractivity contribution in [3.63, 3.8) is 0 Å². The highest BCUT2D eigenvalue weighted by atomic mass is 16.4. The van der Waals surface area contributed by atoms with Crippen molar-refractivity contribution in [3.05, 3.63) is 0 Å². The highest BCUT2D eigenvalue weighted by molar-refractivity contribution is 6.35. The molecule has 1 unspecified atom stereocenters. The fourth-order valence-electron chi connectivity index (χ4n) is 1.91. The van der Waals surface area contributed by atoms with E-state index in [2.05, 4.69) is 0 Å². The Bertz CT molecular complexity index is 423. The monoisotopic (exact) mass is 288 g/mol. The van der Waals surface area contributed by atoms with E-state index >= 15 is 0 Å². The van der Waals surface area contributed by atoms with Gasteiger partial charge in [-0.25, -0.2) is 9.59 Å². The molecule has 4 N–H and O–H groups in total. The summed E-state index contributed by atoms with van der Waals surface area (Å²) < 4.78 is 0. The number of nitrogens with zero attached hydrogens (tertiary/aromatic N) is 1. The van der Waals surface area contributed by atoms with Crippen molar-refractivity contribution in [1.29, 1.82) is 0 Å². The summed E-state index contributed by atoms with van der Waals surface area (Å²) in [5, 5.41) is 28.4. The van der Waals surface area contributed by atoms with Crippen LogP contribution < -0.4 is 5.32 Å². The van der Waals surface area contributed by atoms with E-state index in [0.29, 0.717) is 12.8 Å². The molecule has 0 aliphatic carbocycles. The number of aliphatic hydroxyl groups excluding tert-OH is 1. The number of hydrogen-bond donors (Lipinski definition) is 4. The molecule has 20 heavy (non-hydrogen) atoms. The lowest BCUT2D eigenvalue weighted by atomic mass is 10.0. The highest BCUT2D eigenvalue weighted by Crippen LogP contribution is 2.17. The zero-order valence-electron chi connectivity index (χ0n) is 10.6. The van der Waals surface area contributed by atoms with Crippen molar-refractivity contribution >= 4 is 23.8 Å². The van der Waals surface area contributed by atoms with Crippen molar-refractivity contribution in [3.8, 4) is 0 Å². The highest BCUT2D eigenvalue weighted by Gasteiger charge is 2.35. The van der Waals surface area contributed by atoms with Crippen LogP contribution in [-0.4, -0.2) is 69.2 Å². The van der Waals surface area contributed by atoms with Gasteiger partial charge in [0.2, 0.25) is 0 Å². The number of carboxylic acid groups (broad SMARTS) is 2. The summed E-state index contributed by atoms with van der Waals surface area (Å²) in [5.74, 6) is -4.87. The number of piperidine rings is 1. The zero-order chi connectivity index (χ0) is 15.3. The summed E-state index contributed by atoms with van der Waals surface area (Å²) >= 11 is 0. The number of carbonyl (C=O) groups is 4. The maximum atomic E-state index is 11.8. The van der Waals surface area contributed by atoms with E-state index in [1.54, 1.807) is 0 Å². The Morgan fingerprint density at radius 1 is 1.20 bits per heavy atom. The molecule has 9 heteroatoms. The van der Waals surface area contributed by atoms with Crippen molar-refractivity contribution < 1.29 is 34.5 Å². The maximum absolute atomic E-state index is 11.8. The van der Waals surface area contributed by atoms with Crippen LogP contribution in [0.15, 0.2) is 0 Å². The smallest absolute Gasteiger partial charge is 0.334 e. The van der Waals surface area contributed by atoms with Gasteiger partial charge in [-0.3, -0.25) is 9.59 Å². The zero-order valence-corrected chi connectivity index (χ0v) is 10.6. The van der Waals surface area contributed by atoms with Gasteiger partial charge in [0.15, 0.2) is 6.10 Å². The van der Waals surface area contributed by atoms with E-state index in [1.165, 1.54) is 0 Å². The second-order valence-corrected chi connectivity index (χ2v) is 4.41. The van der Waals surface area contributed by atoms with Crippen LogP contribution in [0.2, 0.25) is 0 Å². The molecule has 0 aromatic heterocycles. The standard InChI is InChI=1S/C11H16N2O7/c14-7(11(19)20)5-12-8(15)9(16)13-4-2-1-3-6(13)10(17)18/h6-7,14H,1-5H2,(H,12,15)(H,17,18)(H,19,20)/t6-,7?/m0/s1. The number of likely N-dealkylation sites (tertiary alicyclic amines) is 1. The molecule has 0 aromatic rings. The minimum atomic E-state index is -1.82. The predicted octanol–water partition coefficient (Wildman–Crippen LogP) is -1.99. The van der Waals surface area contributed by atoms with Crippen LogP contribution in [0.5, 0.6) is 0 Å². The Kier molecular flexibility index (Phi) is 5.44. The SMILES string of the molecule is O=C(NCC(O)C(=O)O)C(=O)N1CCCC[C@H]1C(=O)O. The Labute approximate surface area is 114 Å². The van der Waals surface area contributed by atoms with Gasteiger partial charge < -0.3 is 25.5 Å². The van der Waals surface area contributed by atoms with Gasteiger partial charge in [-0.15, -0.1) is 0 Å². The lowest BCUT2D eigenvalue weighted by Gasteiger charge is -2.32. The minimum absolute atomic E-state index is 0.157. The van der Waals surface area contributed by atoms with Crippen LogP contribution in [-0.2, 0) is 19.2 Å². The average Bonchev–Trinajstić information content (AvgIpc) is 2.43. The van der Waals surface area contributed by atoms with E-state index in [4.69, 9.17) is 15.3 Å². The summed E-state index contributed by atoms with van der Waals surface area (Å²) in [7, 11) is 0. The van der Waals surface area contributed by atoms with Gasteiger partial charge in [0.1, 0.15) is 6.04 Å². The number of aliphatic carboxylic acids is 2. The summed E-state index contributed by atoms with van der Waals surface area (Å²) in [4.78, 5) is 45.7.